The van der Waals surface area contributed by atoms with Crippen LogP contribution >= 0.6 is 0 Å². The highest BCUT2D eigenvalue weighted by atomic mass is 16.5. The van der Waals surface area contributed by atoms with E-state index in [0.717, 1.165) is 31.0 Å². The van der Waals surface area contributed by atoms with E-state index < -0.39 is 6.10 Å². The van der Waals surface area contributed by atoms with Crippen LogP contribution in [0.5, 0.6) is 11.5 Å². The lowest BCUT2D eigenvalue weighted by Gasteiger charge is -2.33. The smallest absolute Gasteiger partial charge is 0.119 e. The molecule has 0 amide bonds. The van der Waals surface area contributed by atoms with Gasteiger partial charge in [-0.1, -0.05) is 75.2 Å². The molecule has 210 valence electrons. The van der Waals surface area contributed by atoms with Gasteiger partial charge in [-0.2, -0.15) is 0 Å². The second kappa shape index (κ2) is 15.1. The van der Waals surface area contributed by atoms with E-state index in [1.807, 2.05) is 0 Å². The third-order valence-corrected chi connectivity index (χ3v) is 8.10. The number of methoxy groups -OCH3 is 1. The number of aliphatic hydroxyl groups excluding tert-OH is 1. The normalized spacial score (nSPS) is 16.5. The van der Waals surface area contributed by atoms with Crippen LogP contribution in [0.1, 0.15) is 86.5 Å². The number of aliphatic hydroxyl groups is 1. The number of ether oxygens (including phenoxy) is 2. The summed E-state index contributed by atoms with van der Waals surface area (Å²) in [5.74, 6) is 2.37. The van der Waals surface area contributed by atoms with Gasteiger partial charge in [0.25, 0.3) is 0 Å². The first-order chi connectivity index (χ1) is 19.1. The number of unbranched alkanes of at least 4 members (excludes halogenated alkanes) is 2. The molecule has 1 aliphatic rings. The second-order valence-corrected chi connectivity index (χ2v) is 11.0. The van der Waals surface area contributed by atoms with Crippen LogP contribution in [0, 0.1) is 0 Å². The van der Waals surface area contributed by atoms with E-state index in [1.165, 1.54) is 60.8 Å². The number of hydrogen-bond acceptors (Lipinski definition) is 4. The van der Waals surface area contributed by atoms with Crippen LogP contribution in [0.15, 0.2) is 72.8 Å². The van der Waals surface area contributed by atoms with Gasteiger partial charge >= 0.3 is 0 Å². The Morgan fingerprint density at radius 3 is 2.08 bits per heavy atom. The summed E-state index contributed by atoms with van der Waals surface area (Å²) >= 11 is 0. The summed E-state index contributed by atoms with van der Waals surface area (Å²) in [6.07, 6.45) is 7.72. The van der Waals surface area contributed by atoms with Crippen LogP contribution in [-0.4, -0.2) is 49.5 Å². The van der Waals surface area contributed by atoms with Crippen LogP contribution < -0.4 is 9.47 Å². The summed E-state index contributed by atoms with van der Waals surface area (Å²) in [7, 11) is 1.72. The molecular weight excluding hydrogens is 482 g/mol. The number of rotatable bonds is 15. The molecule has 0 fully saturated rings. The van der Waals surface area contributed by atoms with E-state index >= 15 is 0 Å². The molecule has 0 aromatic heterocycles. The van der Waals surface area contributed by atoms with Crippen molar-refractivity contribution in [1.29, 1.82) is 0 Å². The van der Waals surface area contributed by atoms with Crippen molar-refractivity contribution in [2.24, 2.45) is 0 Å². The fourth-order valence-corrected chi connectivity index (χ4v) is 5.98. The van der Waals surface area contributed by atoms with Gasteiger partial charge in [-0.15, -0.1) is 0 Å². The predicted octanol–water partition coefficient (Wildman–Crippen LogP) is 7.59. The van der Waals surface area contributed by atoms with Crippen molar-refractivity contribution in [3.05, 3.63) is 95.1 Å². The Hall–Kier alpha value is -2.82. The fraction of sp³-hybridized carbons (Fsp3) is 0.486. The summed E-state index contributed by atoms with van der Waals surface area (Å²) in [6.45, 7) is 7.49. The molecule has 39 heavy (non-hydrogen) atoms. The molecule has 4 heteroatoms. The van der Waals surface area contributed by atoms with E-state index in [4.69, 9.17) is 9.47 Å². The maximum Gasteiger partial charge on any atom is 0.119 e. The maximum atomic E-state index is 10.7. The Morgan fingerprint density at radius 2 is 1.46 bits per heavy atom. The van der Waals surface area contributed by atoms with E-state index in [-0.39, 0.29) is 5.92 Å². The molecule has 0 spiro atoms. The van der Waals surface area contributed by atoms with Gasteiger partial charge in [0.1, 0.15) is 24.2 Å². The van der Waals surface area contributed by atoms with Crippen LogP contribution in [-0.2, 0) is 6.42 Å². The molecule has 3 aromatic carbocycles. The first kappa shape index (κ1) is 29.2. The zero-order chi connectivity index (χ0) is 27.5. The minimum absolute atomic E-state index is 0.252. The van der Waals surface area contributed by atoms with Gasteiger partial charge in [0.05, 0.1) is 7.11 Å². The Balaban J connectivity index is 1.48. The average molecular weight is 530 g/mol. The van der Waals surface area contributed by atoms with E-state index in [9.17, 15) is 5.11 Å². The second-order valence-electron chi connectivity index (χ2n) is 11.0. The van der Waals surface area contributed by atoms with Crippen LogP contribution in [0.3, 0.4) is 0 Å². The highest BCUT2D eigenvalue weighted by molar-refractivity contribution is 5.44. The molecule has 0 aliphatic heterocycles. The lowest BCUT2D eigenvalue weighted by atomic mass is 9.71. The Morgan fingerprint density at radius 1 is 0.846 bits per heavy atom. The summed E-state index contributed by atoms with van der Waals surface area (Å²) in [6, 6.07) is 26.1. The maximum absolute atomic E-state index is 10.7. The van der Waals surface area contributed by atoms with Gasteiger partial charge in [-0.05, 0) is 97.6 Å². The lowest BCUT2D eigenvalue weighted by Crippen LogP contribution is -2.36. The van der Waals surface area contributed by atoms with Gasteiger partial charge < -0.3 is 19.5 Å². The molecule has 0 bridgehead atoms. The number of aryl methyl sites for hydroxylation is 1. The van der Waals surface area contributed by atoms with Gasteiger partial charge in [-0.3, -0.25) is 0 Å². The minimum Gasteiger partial charge on any atom is -0.497 e. The topological polar surface area (TPSA) is 41.9 Å². The summed E-state index contributed by atoms with van der Waals surface area (Å²) in [5, 5.41) is 10.7. The molecule has 1 aliphatic carbocycles. The molecule has 3 atom stereocenters. The molecule has 0 radical (unpaired) electrons. The standard InChI is InChI=1S/C35H47NO3/c1-4-6-23-36(24-7-5-2)25-30(37)26-39-32-21-17-29(18-22-32)35(28-15-19-31(38-3)20-16-28)34-14-10-12-27-11-8-9-13-33(27)34/h8-9,11,13,15-22,30,34-35,37H,4-7,10,12,14,23-26H2,1-3H3. The summed E-state index contributed by atoms with van der Waals surface area (Å²) < 4.78 is 11.5. The molecule has 0 saturated heterocycles. The van der Waals surface area contributed by atoms with E-state index in [2.05, 4.69) is 91.5 Å². The first-order valence-corrected chi connectivity index (χ1v) is 15.0. The first-order valence-electron chi connectivity index (χ1n) is 15.0. The van der Waals surface area contributed by atoms with Crippen molar-refractivity contribution in [3.8, 4) is 11.5 Å². The van der Waals surface area contributed by atoms with E-state index in [1.54, 1.807) is 7.11 Å². The SMILES string of the molecule is CCCCN(CCCC)CC(O)COc1ccc(C(c2ccc(OC)cc2)C2CCCc3ccccc32)cc1. The summed E-state index contributed by atoms with van der Waals surface area (Å²) in [4.78, 5) is 2.38. The third-order valence-electron chi connectivity index (χ3n) is 8.10. The Kier molecular flexibility index (Phi) is 11.3. The Labute approximate surface area is 236 Å². The predicted molar refractivity (Wildman–Crippen MR) is 161 cm³/mol. The number of fused-ring (bicyclic) bond motifs is 1. The van der Waals surface area contributed by atoms with Crippen molar-refractivity contribution in [2.75, 3.05) is 33.4 Å². The molecule has 0 saturated carbocycles. The zero-order valence-electron chi connectivity index (χ0n) is 24.1. The highest BCUT2D eigenvalue weighted by Gasteiger charge is 2.30. The number of hydrogen-bond donors (Lipinski definition) is 1. The largest absolute Gasteiger partial charge is 0.497 e. The fourth-order valence-electron chi connectivity index (χ4n) is 5.98. The van der Waals surface area contributed by atoms with E-state index in [0.29, 0.717) is 19.1 Å². The Bertz CT molecular complexity index is 1100. The average Bonchev–Trinajstić information content (AvgIpc) is 2.98. The molecule has 3 aromatic rings. The molecule has 1 N–H and O–H groups in total. The molecular formula is C35H47NO3. The number of nitrogens with zero attached hydrogens (tertiary/aromatic N) is 1. The molecule has 0 heterocycles. The van der Waals surface area contributed by atoms with Gasteiger partial charge in [0.15, 0.2) is 0 Å². The van der Waals surface area contributed by atoms with Crippen molar-refractivity contribution in [1.82, 2.24) is 4.90 Å². The monoisotopic (exact) mass is 529 g/mol. The highest BCUT2D eigenvalue weighted by Crippen LogP contribution is 2.45. The lowest BCUT2D eigenvalue weighted by molar-refractivity contribution is 0.0671. The molecule has 3 unspecified atom stereocenters. The summed E-state index contributed by atoms with van der Waals surface area (Å²) in [5.41, 5.74) is 5.55. The van der Waals surface area contributed by atoms with Gasteiger partial charge in [-0.25, -0.2) is 0 Å². The van der Waals surface area contributed by atoms with Gasteiger partial charge in [0, 0.05) is 12.5 Å². The van der Waals surface area contributed by atoms with Crippen molar-refractivity contribution < 1.29 is 14.6 Å². The minimum atomic E-state index is -0.496. The molecule has 4 rings (SSSR count). The van der Waals surface area contributed by atoms with Crippen molar-refractivity contribution in [3.63, 3.8) is 0 Å². The molecule has 4 nitrogen and oxygen atoms in total. The van der Waals surface area contributed by atoms with Gasteiger partial charge in [0.2, 0.25) is 0 Å². The third kappa shape index (κ3) is 8.09. The van der Waals surface area contributed by atoms with Crippen molar-refractivity contribution >= 4 is 0 Å². The van der Waals surface area contributed by atoms with Crippen LogP contribution in [0.2, 0.25) is 0 Å². The van der Waals surface area contributed by atoms with Crippen LogP contribution in [0.25, 0.3) is 0 Å². The van der Waals surface area contributed by atoms with Crippen LogP contribution in [0.4, 0.5) is 0 Å². The zero-order valence-corrected chi connectivity index (χ0v) is 24.1. The van der Waals surface area contributed by atoms with Crippen molar-refractivity contribution in [2.45, 2.75) is 76.7 Å². The quantitative estimate of drug-likeness (QED) is 0.220. The number of benzene rings is 3.